The highest BCUT2D eigenvalue weighted by Gasteiger charge is 2.11. The summed E-state index contributed by atoms with van der Waals surface area (Å²) in [6.45, 7) is 6.43. The highest BCUT2D eigenvalue weighted by Crippen LogP contribution is 2.22. The maximum Gasteiger partial charge on any atom is 0.240 e. The van der Waals surface area contributed by atoms with Crippen LogP contribution < -0.4 is 15.2 Å². The molecule has 5 nitrogen and oxygen atoms in total. The summed E-state index contributed by atoms with van der Waals surface area (Å²) in [4.78, 5) is 6.64. The predicted octanol–water partition coefficient (Wildman–Crippen LogP) is 1.54. The lowest BCUT2D eigenvalue weighted by molar-refractivity contribution is 0.229. The van der Waals surface area contributed by atoms with Crippen LogP contribution in [0.15, 0.2) is 12.1 Å². The second-order valence-corrected chi connectivity index (χ2v) is 4.37. The van der Waals surface area contributed by atoms with Gasteiger partial charge in [-0.3, -0.25) is 4.90 Å². The minimum atomic E-state index is 0.455. The lowest BCUT2D eigenvalue weighted by atomic mass is 10.4. The number of likely N-dealkylation sites (tertiary alicyclic amines) is 1. The maximum atomic E-state index is 5.75. The van der Waals surface area contributed by atoms with Gasteiger partial charge in [0.2, 0.25) is 11.8 Å². The molecule has 1 aromatic rings. The van der Waals surface area contributed by atoms with Gasteiger partial charge in [-0.15, -0.1) is 0 Å². The van der Waals surface area contributed by atoms with Gasteiger partial charge in [0.1, 0.15) is 6.61 Å². The molecule has 0 radical (unpaired) electrons. The smallest absolute Gasteiger partial charge is 0.240 e. The zero-order valence-electron chi connectivity index (χ0n) is 10.9. The van der Waals surface area contributed by atoms with Crippen LogP contribution in [-0.4, -0.2) is 42.7 Å². The summed E-state index contributed by atoms with van der Waals surface area (Å²) in [7, 11) is 0. The van der Waals surface area contributed by atoms with Gasteiger partial charge in [0.25, 0.3) is 0 Å². The third-order valence-corrected chi connectivity index (χ3v) is 3.00. The van der Waals surface area contributed by atoms with E-state index in [-0.39, 0.29) is 0 Å². The standard InChI is InChI=1S/C13H21N3O2/c1-2-17-13-11(14)5-6-12(15-13)18-10-9-16-7-3-4-8-16/h5-6H,2-4,7-10,14H2,1H3. The van der Waals surface area contributed by atoms with Crippen molar-refractivity contribution in [2.24, 2.45) is 0 Å². The van der Waals surface area contributed by atoms with Gasteiger partial charge >= 0.3 is 0 Å². The van der Waals surface area contributed by atoms with Crippen LogP contribution in [0.25, 0.3) is 0 Å². The van der Waals surface area contributed by atoms with E-state index in [2.05, 4.69) is 9.88 Å². The zero-order chi connectivity index (χ0) is 12.8. The van der Waals surface area contributed by atoms with Crippen molar-refractivity contribution >= 4 is 5.69 Å². The number of hydrogen-bond acceptors (Lipinski definition) is 5. The topological polar surface area (TPSA) is 60.6 Å². The Morgan fingerprint density at radius 3 is 2.78 bits per heavy atom. The Bertz CT molecular complexity index is 378. The van der Waals surface area contributed by atoms with E-state index in [9.17, 15) is 0 Å². The molecule has 2 rings (SSSR count). The molecule has 1 saturated heterocycles. The van der Waals surface area contributed by atoms with Crippen molar-refractivity contribution in [3.05, 3.63) is 12.1 Å². The quantitative estimate of drug-likeness (QED) is 0.831. The maximum absolute atomic E-state index is 5.75. The monoisotopic (exact) mass is 251 g/mol. The van der Waals surface area contributed by atoms with Gasteiger partial charge in [-0.2, -0.15) is 4.98 Å². The molecule has 1 aliphatic heterocycles. The number of nitrogen functional groups attached to an aromatic ring is 1. The van der Waals surface area contributed by atoms with E-state index in [1.165, 1.54) is 25.9 Å². The molecule has 0 spiro atoms. The number of hydrogen-bond donors (Lipinski definition) is 1. The van der Waals surface area contributed by atoms with E-state index in [1.807, 2.05) is 6.92 Å². The summed E-state index contributed by atoms with van der Waals surface area (Å²) in [5.74, 6) is 1.03. The van der Waals surface area contributed by atoms with Crippen molar-refractivity contribution in [3.8, 4) is 11.8 Å². The predicted molar refractivity (Wildman–Crippen MR) is 71.0 cm³/mol. The molecule has 0 amide bonds. The first kappa shape index (κ1) is 13.0. The first-order valence-corrected chi connectivity index (χ1v) is 6.54. The van der Waals surface area contributed by atoms with Crippen LogP contribution in [0, 0.1) is 0 Å². The average molecular weight is 251 g/mol. The van der Waals surface area contributed by atoms with Crippen LogP contribution in [0.2, 0.25) is 0 Å². The Morgan fingerprint density at radius 1 is 1.28 bits per heavy atom. The molecule has 0 bridgehead atoms. The number of nitrogens with two attached hydrogens (primary N) is 1. The van der Waals surface area contributed by atoms with Crippen LogP contribution in [0.3, 0.4) is 0 Å². The Balaban J connectivity index is 1.82. The SMILES string of the molecule is CCOc1nc(OCCN2CCCC2)ccc1N. The number of anilines is 1. The Morgan fingerprint density at radius 2 is 2.06 bits per heavy atom. The molecular formula is C13H21N3O2. The van der Waals surface area contributed by atoms with Crippen LogP contribution >= 0.6 is 0 Å². The van der Waals surface area contributed by atoms with E-state index >= 15 is 0 Å². The second-order valence-electron chi connectivity index (χ2n) is 4.37. The number of rotatable bonds is 6. The molecule has 0 aromatic carbocycles. The van der Waals surface area contributed by atoms with E-state index in [1.54, 1.807) is 12.1 Å². The molecule has 1 aromatic heterocycles. The zero-order valence-corrected chi connectivity index (χ0v) is 10.9. The molecule has 5 heteroatoms. The summed E-state index contributed by atoms with van der Waals surface area (Å²) < 4.78 is 11.0. The Labute approximate surface area is 108 Å². The Hall–Kier alpha value is -1.49. The van der Waals surface area contributed by atoms with E-state index in [0.717, 1.165) is 6.54 Å². The molecule has 2 heterocycles. The van der Waals surface area contributed by atoms with Crippen LogP contribution in [0.4, 0.5) is 5.69 Å². The van der Waals surface area contributed by atoms with Gasteiger partial charge < -0.3 is 15.2 Å². The minimum Gasteiger partial charge on any atom is -0.476 e. The molecule has 0 saturated carbocycles. The fourth-order valence-electron chi connectivity index (χ4n) is 2.05. The molecule has 0 atom stereocenters. The van der Waals surface area contributed by atoms with Crippen LogP contribution in [-0.2, 0) is 0 Å². The van der Waals surface area contributed by atoms with Gasteiger partial charge in [0.15, 0.2) is 0 Å². The van der Waals surface area contributed by atoms with Gasteiger partial charge in [-0.25, -0.2) is 0 Å². The van der Waals surface area contributed by atoms with Crippen molar-refractivity contribution in [3.63, 3.8) is 0 Å². The highest BCUT2D eigenvalue weighted by molar-refractivity contribution is 5.49. The summed E-state index contributed by atoms with van der Waals surface area (Å²) in [5.41, 5.74) is 6.30. The van der Waals surface area contributed by atoms with Gasteiger partial charge in [0, 0.05) is 12.6 Å². The van der Waals surface area contributed by atoms with Crippen molar-refractivity contribution in [2.45, 2.75) is 19.8 Å². The summed E-state index contributed by atoms with van der Waals surface area (Å²) in [5, 5.41) is 0. The summed E-state index contributed by atoms with van der Waals surface area (Å²) in [6, 6.07) is 3.55. The third kappa shape index (κ3) is 3.50. The van der Waals surface area contributed by atoms with Crippen LogP contribution in [0.1, 0.15) is 19.8 Å². The third-order valence-electron chi connectivity index (χ3n) is 3.00. The average Bonchev–Trinajstić information content (AvgIpc) is 2.87. The van der Waals surface area contributed by atoms with Crippen molar-refractivity contribution in [1.82, 2.24) is 9.88 Å². The number of nitrogens with zero attached hydrogens (tertiary/aromatic N) is 2. The lowest BCUT2D eigenvalue weighted by Crippen LogP contribution is -2.25. The van der Waals surface area contributed by atoms with Crippen molar-refractivity contribution in [2.75, 3.05) is 38.6 Å². The van der Waals surface area contributed by atoms with E-state index in [0.29, 0.717) is 30.7 Å². The van der Waals surface area contributed by atoms with Gasteiger partial charge in [-0.1, -0.05) is 0 Å². The highest BCUT2D eigenvalue weighted by atomic mass is 16.5. The van der Waals surface area contributed by atoms with E-state index < -0.39 is 0 Å². The van der Waals surface area contributed by atoms with E-state index in [4.69, 9.17) is 15.2 Å². The molecule has 0 unspecified atom stereocenters. The number of ether oxygens (including phenoxy) is 2. The molecule has 100 valence electrons. The fourth-order valence-corrected chi connectivity index (χ4v) is 2.05. The molecule has 1 fully saturated rings. The summed E-state index contributed by atoms with van der Waals surface area (Å²) >= 11 is 0. The fraction of sp³-hybridized carbons (Fsp3) is 0.615. The largest absolute Gasteiger partial charge is 0.476 e. The normalized spacial score (nSPS) is 15.8. The first-order valence-electron chi connectivity index (χ1n) is 6.54. The number of pyridine rings is 1. The number of aromatic nitrogens is 1. The molecule has 0 aliphatic carbocycles. The van der Waals surface area contributed by atoms with Crippen molar-refractivity contribution in [1.29, 1.82) is 0 Å². The molecular weight excluding hydrogens is 230 g/mol. The second kappa shape index (κ2) is 6.44. The van der Waals surface area contributed by atoms with Crippen molar-refractivity contribution < 1.29 is 9.47 Å². The van der Waals surface area contributed by atoms with Gasteiger partial charge in [0.05, 0.1) is 12.3 Å². The van der Waals surface area contributed by atoms with Gasteiger partial charge in [-0.05, 0) is 38.9 Å². The summed E-state index contributed by atoms with van der Waals surface area (Å²) in [6.07, 6.45) is 2.60. The first-order chi connectivity index (χ1) is 8.79. The molecule has 1 aliphatic rings. The van der Waals surface area contributed by atoms with Crippen LogP contribution in [0.5, 0.6) is 11.8 Å². The Kier molecular flexibility index (Phi) is 4.64. The minimum absolute atomic E-state index is 0.455. The molecule has 2 N–H and O–H groups in total. The molecule has 18 heavy (non-hydrogen) atoms. The lowest BCUT2D eigenvalue weighted by Gasteiger charge is -2.15.